The van der Waals surface area contributed by atoms with Crippen LogP contribution in [0.2, 0.25) is 0 Å². The normalized spacial score (nSPS) is 21.1. The van der Waals surface area contributed by atoms with E-state index in [0.717, 1.165) is 4.90 Å². The number of carboxylic acid groups (broad SMARTS) is 1. The zero-order valence-corrected chi connectivity index (χ0v) is 13.3. The van der Waals surface area contributed by atoms with E-state index < -0.39 is 62.0 Å². The van der Waals surface area contributed by atoms with Gasteiger partial charge in [0, 0.05) is 25.1 Å². The van der Waals surface area contributed by atoms with E-state index in [2.05, 4.69) is 0 Å². The van der Waals surface area contributed by atoms with Crippen molar-refractivity contribution < 1.29 is 41.0 Å². The Morgan fingerprint density at radius 2 is 1.69 bits per heavy atom. The van der Waals surface area contributed by atoms with Gasteiger partial charge in [0.05, 0.1) is 11.8 Å². The van der Waals surface area contributed by atoms with Crippen molar-refractivity contribution in [1.29, 1.82) is 0 Å². The van der Waals surface area contributed by atoms with Gasteiger partial charge in [-0.1, -0.05) is 18.2 Å². The Morgan fingerprint density at radius 1 is 1.08 bits per heavy atom. The summed E-state index contributed by atoms with van der Waals surface area (Å²) in [6.45, 7) is -1.49. The van der Waals surface area contributed by atoms with Crippen LogP contribution in [0.5, 0.6) is 0 Å². The van der Waals surface area contributed by atoms with Crippen LogP contribution < -0.4 is 0 Å². The Kier molecular flexibility index (Phi) is 5.52. The highest BCUT2D eigenvalue weighted by molar-refractivity contribution is 5.96. The van der Waals surface area contributed by atoms with Crippen molar-refractivity contribution in [2.75, 3.05) is 13.1 Å². The molecule has 1 aliphatic heterocycles. The monoisotopic (exact) mass is 383 g/mol. The van der Waals surface area contributed by atoms with E-state index >= 15 is 0 Å². The molecule has 1 fully saturated rings. The fraction of sp³-hybridized carbons (Fsp3) is 0.500. The highest BCUT2D eigenvalue weighted by atomic mass is 19.4. The lowest BCUT2D eigenvalue weighted by Gasteiger charge is -2.19. The fourth-order valence-electron chi connectivity index (χ4n) is 2.95. The molecule has 2 rings (SSSR count). The molecule has 10 heteroatoms. The molecule has 4 nitrogen and oxygen atoms in total. The summed E-state index contributed by atoms with van der Waals surface area (Å²) in [5.41, 5.74) is -0.0964. The van der Waals surface area contributed by atoms with Crippen molar-refractivity contribution in [2.24, 2.45) is 11.8 Å². The lowest BCUT2D eigenvalue weighted by Crippen LogP contribution is -2.34. The van der Waals surface area contributed by atoms with E-state index in [4.69, 9.17) is 5.11 Å². The van der Waals surface area contributed by atoms with Crippen molar-refractivity contribution >= 4 is 11.9 Å². The van der Waals surface area contributed by atoms with Crippen LogP contribution in [-0.4, -0.2) is 47.3 Å². The van der Waals surface area contributed by atoms with E-state index in [-0.39, 0.29) is 11.1 Å². The number of hydrogen-bond donors (Lipinski definition) is 1. The van der Waals surface area contributed by atoms with Crippen molar-refractivity contribution in [1.82, 2.24) is 4.90 Å². The molecular formula is C16H15F6NO3. The highest BCUT2D eigenvalue weighted by Crippen LogP contribution is 2.38. The molecule has 1 amide bonds. The Labute approximate surface area is 144 Å². The van der Waals surface area contributed by atoms with Gasteiger partial charge in [0.25, 0.3) is 5.91 Å². The number of benzene rings is 1. The number of amides is 1. The SMILES string of the molecule is O=C(O)[C@@H]1CN(C(=O)c2ccccc2CCC(F)(F)F)C[C@H]1C(F)(F)F. The third kappa shape index (κ3) is 4.67. The summed E-state index contributed by atoms with van der Waals surface area (Å²) >= 11 is 0. The molecule has 1 saturated heterocycles. The van der Waals surface area contributed by atoms with Gasteiger partial charge in [0.2, 0.25) is 0 Å². The van der Waals surface area contributed by atoms with E-state index in [1.54, 1.807) is 0 Å². The zero-order valence-electron chi connectivity index (χ0n) is 13.3. The molecule has 0 aromatic heterocycles. The third-order valence-corrected chi connectivity index (χ3v) is 4.27. The van der Waals surface area contributed by atoms with Gasteiger partial charge in [0.15, 0.2) is 0 Å². The lowest BCUT2D eigenvalue weighted by molar-refractivity contribution is -0.187. The zero-order chi connectivity index (χ0) is 19.7. The van der Waals surface area contributed by atoms with Crippen molar-refractivity contribution in [2.45, 2.75) is 25.2 Å². The quantitative estimate of drug-likeness (QED) is 0.810. The Morgan fingerprint density at radius 3 is 2.19 bits per heavy atom. The molecule has 0 bridgehead atoms. The van der Waals surface area contributed by atoms with Gasteiger partial charge in [-0.3, -0.25) is 9.59 Å². The highest BCUT2D eigenvalue weighted by Gasteiger charge is 2.53. The van der Waals surface area contributed by atoms with E-state index in [9.17, 15) is 35.9 Å². The number of carbonyl (C=O) groups is 2. The minimum absolute atomic E-state index is 0.0529. The van der Waals surface area contributed by atoms with Crippen molar-refractivity contribution in [3.05, 3.63) is 35.4 Å². The smallest absolute Gasteiger partial charge is 0.394 e. The van der Waals surface area contributed by atoms with Gasteiger partial charge in [-0.25, -0.2) is 0 Å². The first-order valence-electron chi connectivity index (χ1n) is 7.63. The predicted molar refractivity (Wildman–Crippen MR) is 77.4 cm³/mol. The van der Waals surface area contributed by atoms with Gasteiger partial charge in [-0.2, -0.15) is 26.3 Å². The van der Waals surface area contributed by atoms with Gasteiger partial charge >= 0.3 is 18.3 Å². The minimum atomic E-state index is -4.80. The van der Waals surface area contributed by atoms with E-state index in [1.807, 2.05) is 0 Å². The van der Waals surface area contributed by atoms with Crippen molar-refractivity contribution in [3.63, 3.8) is 0 Å². The number of carbonyl (C=O) groups excluding carboxylic acids is 1. The standard InChI is InChI=1S/C16H15F6NO3/c17-15(18,19)6-5-9-3-1-2-4-10(9)13(24)23-7-11(14(25)26)12(8-23)16(20,21)22/h1-4,11-12H,5-8H2,(H,25,26)/t11-,12-/m1/s1. The van der Waals surface area contributed by atoms with Crippen LogP contribution in [0, 0.1) is 11.8 Å². The molecule has 0 unspecified atom stereocenters. The molecule has 144 valence electrons. The molecule has 0 aliphatic carbocycles. The minimum Gasteiger partial charge on any atom is -0.481 e. The first-order chi connectivity index (χ1) is 11.9. The summed E-state index contributed by atoms with van der Waals surface area (Å²) in [6, 6.07) is 5.33. The second-order valence-corrected chi connectivity index (χ2v) is 6.08. The molecule has 26 heavy (non-hydrogen) atoms. The number of rotatable bonds is 4. The number of halogens is 6. The van der Waals surface area contributed by atoms with Crippen LogP contribution in [0.1, 0.15) is 22.3 Å². The average Bonchev–Trinajstić information content (AvgIpc) is 2.97. The molecule has 0 saturated carbocycles. The third-order valence-electron chi connectivity index (χ3n) is 4.27. The van der Waals surface area contributed by atoms with E-state index in [1.165, 1.54) is 24.3 Å². The molecule has 1 aromatic rings. The average molecular weight is 383 g/mol. The number of carboxylic acids is 1. The van der Waals surface area contributed by atoms with Crippen LogP contribution in [0.4, 0.5) is 26.3 Å². The van der Waals surface area contributed by atoms with Crippen LogP contribution in [-0.2, 0) is 11.2 Å². The summed E-state index contributed by atoms with van der Waals surface area (Å²) in [4.78, 5) is 24.3. The number of aryl methyl sites for hydroxylation is 1. The maximum absolute atomic E-state index is 13.0. The predicted octanol–water partition coefficient (Wildman–Crippen LogP) is 3.52. The number of likely N-dealkylation sites (tertiary alicyclic amines) is 1. The maximum Gasteiger partial charge on any atom is 0.394 e. The van der Waals surface area contributed by atoms with Crippen LogP contribution >= 0.6 is 0 Å². The van der Waals surface area contributed by atoms with Gasteiger partial charge in [-0.05, 0) is 18.1 Å². The van der Waals surface area contributed by atoms with E-state index in [0.29, 0.717) is 0 Å². The summed E-state index contributed by atoms with van der Waals surface area (Å²) in [7, 11) is 0. The summed E-state index contributed by atoms with van der Waals surface area (Å²) in [5, 5.41) is 8.98. The molecule has 1 aliphatic rings. The van der Waals surface area contributed by atoms with Crippen LogP contribution in [0.3, 0.4) is 0 Å². The first kappa shape index (κ1) is 20.1. The van der Waals surface area contributed by atoms with Gasteiger partial charge in [0.1, 0.15) is 0 Å². The topological polar surface area (TPSA) is 57.6 Å². The van der Waals surface area contributed by atoms with Gasteiger partial charge in [-0.15, -0.1) is 0 Å². The van der Waals surface area contributed by atoms with Crippen LogP contribution in [0.25, 0.3) is 0 Å². The van der Waals surface area contributed by atoms with Crippen LogP contribution in [0.15, 0.2) is 24.3 Å². The second kappa shape index (κ2) is 7.16. The number of aliphatic carboxylic acids is 1. The molecule has 1 heterocycles. The lowest BCUT2D eigenvalue weighted by atomic mass is 9.96. The molecule has 1 N–H and O–H groups in total. The molecule has 0 radical (unpaired) electrons. The Bertz CT molecular complexity index is 685. The molecular weight excluding hydrogens is 368 g/mol. The number of hydrogen-bond acceptors (Lipinski definition) is 2. The molecule has 1 aromatic carbocycles. The molecule has 2 atom stereocenters. The second-order valence-electron chi connectivity index (χ2n) is 6.08. The first-order valence-corrected chi connectivity index (χ1v) is 7.63. The Hall–Kier alpha value is -2.26. The van der Waals surface area contributed by atoms with Crippen molar-refractivity contribution in [3.8, 4) is 0 Å². The largest absolute Gasteiger partial charge is 0.481 e. The summed E-state index contributed by atoms with van der Waals surface area (Å²) in [6.07, 6.45) is -10.9. The van der Waals surface area contributed by atoms with Gasteiger partial charge < -0.3 is 10.0 Å². The summed E-state index contributed by atoms with van der Waals surface area (Å²) in [5.74, 6) is -6.60. The fourth-order valence-corrected chi connectivity index (χ4v) is 2.95. The molecule has 0 spiro atoms. The number of nitrogens with zero attached hydrogens (tertiary/aromatic N) is 1. The Balaban J connectivity index is 2.23. The summed E-state index contributed by atoms with van der Waals surface area (Å²) < 4.78 is 76.3. The maximum atomic E-state index is 13.0. The number of alkyl halides is 6.